The number of rotatable bonds is 3. The highest BCUT2D eigenvalue weighted by Crippen LogP contribution is 2.23. The van der Waals surface area contributed by atoms with E-state index in [9.17, 15) is 9.59 Å². The summed E-state index contributed by atoms with van der Waals surface area (Å²) in [6.07, 6.45) is 4.62. The maximum Gasteiger partial charge on any atom is 0.409 e. The Balaban J connectivity index is 1.48. The fraction of sp³-hybridized carbons (Fsp3) is 0.875. The second-order valence-corrected chi connectivity index (χ2v) is 6.75. The fourth-order valence-corrected chi connectivity index (χ4v) is 3.29. The van der Waals surface area contributed by atoms with Gasteiger partial charge in [-0.05, 0) is 38.0 Å². The predicted molar refractivity (Wildman–Crippen MR) is 80.4 cm³/mol. The molecule has 3 rings (SSSR count). The van der Waals surface area contributed by atoms with Crippen LogP contribution in [0.1, 0.15) is 39.0 Å². The van der Waals surface area contributed by atoms with E-state index in [4.69, 9.17) is 9.47 Å². The predicted octanol–water partition coefficient (Wildman–Crippen LogP) is 1.63. The van der Waals surface area contributed by atoms with E-state index >= 15 is 0 Å². The molecule has 0 radical (unpaired) electrons. The Bertz CT molecular complexity index is 416. The number of carbonyl (C=O) groups is 2. The molecule has 22 heavy (non-hydrogen) atoms. The van der Waals surface area contributed by atoms with Gasteiger partial charge in [0.25, 0.3) is 5.91 Å². The van der Waals surface area contributed by atoms with Gasteiger partial charge in [-0.25, -0.2) is 4.79 Å². The summed E-state index contributed by atoms with van der Waals surface area (Å²) in [4.78, 5) is 28.0. The van der Waals surface area contributed by atoms with Crippen molar-refractivity contribution >= 4 is 12.0 Å². The Morgan fingerprint density at radius 2 is 1.86 bits per heavy atom. The lowest BCUT2D eigenvalue weighted by atomic mass is 10.00. The van der Waals surface area contributed by atoms with Gasteiger partial charge in [0.15, 0.2) is 6.10 Å². The van der Waals surface area contributed by atoms with Gasteiger partial charge in [-0.2, -0.15) is 0 Å². The number of carbonyl (C=O) groups excluding carboxylic acids is 2. The maximum atomic E-state index is 12.2. The Hall–Kier alpha value is -1.30. The third-order valence-electron chi connectivity index (χ3n) is 4.96. The average Bonchev–Trinajstić information content (AvgIpc) is 3.38. The monoisotopic (exact) mass is 310 g/mol. The first-order valence-corrected chi connectivity index (χ1v) is 8.49. The molecule has 0 bridgehead atoms. The van der Waals surface area contributed by atoms with E-state index in [0.717, 1.165) is 51.7 Å². The zero-order valence-electron chi connectivity index (χ0n) is 13.3. The lowest BCUT2D eigenvalue weighted by Gasteiger charge is -2.36. The first-order chi connectivity index (χ1) is 10.6. The highest BCUT2D eigenvalue weighted by atomic mass is 16.6. The van der Waals surface area contributed by atoms with E-state index in [1.54, 1.807) is 4.90 Å². The van der Waals surface area contributed by atoms with Crippen LogP contribution in [0.5, 0.6) is 0 Å². The van der Waals surface area contributed by atoms with Gasteiger partial charge >= 0.3 is 6.09 Å². The van der Waals surface area contributed by atoms with E-state index < -0.39 is 0 Å². The molecule has 0 saturated carbocycles. The molecular weight excluding hydrogens is 284 g/mol. The van der Waals surface area contributed by atoms with Gasteiger partial charge in [0.1, 0.15) is 6.61 Å². The van der Waals surface area contributed by atoms with E-state index in [-0.39, 0.29) is 24.1 Å². The zero-order chi connectivity index (χ0) is 15.5. The molecule has 0 spiro atoms. The quantitative estimate of drug-likeness (QED) is 0.743. The molecule has 3 saturated heterocycles. The van der Waals surface area contributed by atoms with Crippen LogP contribution < -0.4 is 0 Å². The van der Waals surface area contributed by atoms with Gasteiger partial charge in [-0.3, -0.25) is 4.79 Å². The first kappa shape index (κ1) is 15.6. The number of epoxide rings is 1. The molecular formula is C16H26N2O4. The zero-order valence-corrected chi connectivity index (χ0v) is 13.3. The molecule has 0 aliphatic carbocycles. The SMILES string of the molecule is CC1CCN(C(=O)OCC2CCCCN2C(=O)C2CO2)CC1. The van der Waals surface area contributed by atoms with Crippen molar-refractivity contribution in [2.45, 2.75) is 51.2 Å². The Kier molecular flexibility index (Phi) is 4.86. The summed E-state index contributed by atoms with van der Waals surface area (Å²) in [5.74, 6) is 0.751. The van der Waals surface area contributed by atoms with Crippen LogP contribution in [0.15, 0.2) is 0 Å². The van der Waals surface area contributed by atoms with Crippen LogP contribution >= 0.6 is 0 Å². The summed E-state index contributed by atoms with van der Waals surface area (Å²) in [5.41, 5.74) is 0. The lowest BCUT2D eigenvalue weighted by molar-refractivity contribution is -0.137. The van der Waals surface area contributed by atoms with Crippen molar-refractivity contribution in [3.8, 4) is 0 Å². The Labute approximate surface area is 131 Å². The first-order valence-electron chi connectivity index (χ1n) is 8.49. The van der Waals surface area contributed by atoms with Crippen molar-refractivity contribution in [3.05, 3.63) is 0 Å². The maximum absolute atomic E-state index is 12.2. The van der Waals surface area contributed by atoms with Gasteiger partial charge in [0, 0.05) is 19.6 Å². The van der Waals surface area contributed by atoms with Crippen LogP contribution in [0.2, 0.25) is 0 Å². The van der Waals surface area contributed by atoms with Gasteiger partial charge in [-0.15, -0.1) is 0 Å². The van der Waals surface area contributed by atoms with Crippen LogP contribution in [0.3, 0.4) is 0 Å². The molecule has 3 aliphatic heterocycles. The lowest BCUT2D eigenvalue weighted by Crippen LogP contribution is -2.49. The standard InChI is InChI=1S/C16H26N2O4/c1-12-5-8-17(9-6-12)16(20)22-10-13-4-2-3-7-18(13)15(19)14-11-21-14/h12-14H,2-11H2,1H3. The topological polar surface area (TPSA) is 62.4 Å². The summed E-state index contributed by atoms with van der Waals surface area (Å²) < 4.78 is 10.6. The van der Waals surface area contributed by atoms with Crippen LogP contribution in [0.25, 0.3) is 0 Å². The molecule has 0 aromatic heterocycles. The van der Waals surface area contributed by atoms with Crippen molar-refractivity contribution in [2.75, 3.05) is 32.8 Å². The van der Waals surface area contributed by atoms with Crippen LogP contribution in [0.4, 0.5) is 4.79 Å². The van der Waals surface area contributed by atoms with Gasteiger partial charge in [0.05, 0.1) is 12.6 Å². The molecule has 6 heteroatoms. The van der Waals surface area contributed by atoms with E-state index in [2.05, 4.69) is 6.92 Å². The normalized spacial score (nSPS) is 29.3. The number of ether oxygens (including phenoxy) is 2. The van der Waals surface area contributed by atoms with Crippen LogP contribution in [-0.4, -0.2) is 66.8 Å². The summed E-state index contributed by atoms with van der Waals surface area (Å²) >= 11 is 0. The van der Waals surface area contributed by atoms with Gasteiger partial charge in [-0.1, -0.05) is 6.92 Å². The number of amides is 2. The van der Waals surface area contributed by atoms with Crippen LogP contribution in [-0.2, 0) is 14.3 Å². The third-order valence-corrected chi connectivity index (χ3v) is 4.96. The summed E-state index contributed by atoms with van der Waals surface area (Å²) in [7, 11) is 0. The van der Waals surface area contributed by atoms with Crippen molar-refractivity contribution in [2.24, 2.45) is 5.92 Å². The van der Waals surface area contributed by atoms with Crippen molar-refractivity contribution in [3.63, 3.8) is 0 Å². The minimum Gasteiger partial charge on any atom is -0.447 e. The van der Waals surface area contributed by atoms with Crippen molar-refractivity contribution in [1.29, 1.82) is 0 Å². The van der Waals surface area contributed by atoms with Gasteiger partial charge in [0.2, 0.25) is 0 Å². The Morgan fingerprint density at radius 1 is 1.14 bits per heavy atom. The molecule has 3 aliphatic rings. The number of hydrogen-bond donors (Lipinski definition) is 0. The highest BCUT2D eigenvalue weighted by Gasteiger charge is 2.39. The highest BCUT2D eigenvalue weighted by molar-refractivity contribution is 5.83. The second-order valence-electron chi connectivity index (χ2n) is 6.75. The van der Waals surface area contributed by atoms with Gasteiger partial charge < -0.3 is 19.3 Å². The Morgan fingerprint density at radius 3 is 2.55 bits per heavy atom. The number of nitrogens with zero attached hydrogens (tertiary/aromatic N) is 2. The summed E-state index contributed by atoms with van der Waals surface area (Å²) in [5, 5.41) is 0. The van der Waals surface area contributed by atoms with Crippen molar-refractivity contribution in [1.82, 2.24) is 9.80 Å². The number of piperidine rings is 2. The molecule has 2 amide bonds. The molecule has 124 valence electrons. The summed E-state index contributed by atoms with van der Waals surface area (Å²) in [6, 6.07) is 0.0121. The molecule has 0 N–H and O–H groups in total. The third kappa shape index (κ3) is 3.72. The average molecular weight is 310 g/mol. The molecule has 6 nitrogen and oxygen atoms in total. The number of hydrogen-bond acceptors (Lipinski definition) is 4. The van der Waals surface area contributed by atoms with Crippen LogP contribution in [0, 0.1) is 5.92 Å². The largest absolute Gasteiger partial charge is 0.447 e. The minimum atomic E-state index is -0.250. The molecule has 0 aromatic rings. The van der Waals surface area contributed by atoms with E-state index in [1.165, 1.54) is 0 Å². The molecule has 3 fully saturated rings. The van der Waals surface area contributed by atoms with E-state index in [0.29, 0.717) is 19.1 Å². The van der Waals surface area contributed by atoms with Crippen molar-refractivity contribution < 1.29 is 19.1 Å². The van der Waals surface area contributed by atoms with E-state index in [1.807, 2.05) is 4.90 Å². The minimum absolute atomic E-state index is 0.0121. The number of likely N-dealkylation sites (tertiary alicyclic amines) is 2. The molecule has 3 heterocycles. The smallest absolute Gasteiger partial charge is 0.409 e. The summed E-state index contributed by atoms with van der Waals surface area (Å²) in [6.45, 7) is 5.37. The second kappa shape index (κ2) is 6.86. The molecule has 0 aromatic carbocycles. The fourth-order valence-electron chi connectivity index (χ4n) is 3.29. The molecule has 2 atom stereocenters. The molecule has 2 unspecified atom stereocenters.